The fourth-order valence-corrected chi connectivity index (χ4v) is 5.04. The van der Waals surface area contributed by atoms with Gasteiger partial charge in [-0.15, -0.1) is 0 Å². The summed E-state index contributed by atoms with van der Waals surface area (Å²) in [6, 6.07) is 19.3. The molecule has 0 radical (unpaired) electrons. The van der Waals surface area contributed by atoms with Crippen molar-refractivity contribution in [3.63, 3.8) is 0 Å². The Labute approximate surface area is 205 Å². The third-order valence-corrected chi connectivity index (χ3v) is 6.99. The van der Waals surface area contributed by atoms with Crippen LogP contribution in [0.3, 0.4) is 0 Å². The number of hydrogen-bond acceptors (Lipinski definition) is 5. The van der Waals surface area contributed by atoms with Gasteiger partial charge in [0.25, 0.3) is 0 Å². The van der Waals surface area contributed by atoms with Crippen molar-refractivity contribution in [3.05, 3.63) is 54.6 Å². The Morgan fingerprint density at radius 2 is 0.853 bits per heavy atom. The van der Waals surface area contributed by atoms with Crippen LogP contribution in [0.4, 0.5) is 11.9 Å². The lowest BCUT2D eigenvalue weighted by Crippen LogP contribution is -2.25. The summed E-state index contributed by atoms with van der Waals surface area (Å²) in [5, 5.41) is 7.36. The van der Waals surface area contributed by atoms with E-state index < -0.39 is 0 Å². The molecule has 1 heterocycles. The predicted molar refractivity (Wildman–Crippen MR) is 142 cm³/mol. The summed E-state index contributed by atoms with van der Waals surface area (Å²) >= 11 is 0. The summed E-state index contributed by atoms with van der Waals surface area (Å²) in [7, 11) is 0. The molecule has 4 rings (SSSR count). The van der Waals surface area contributed by atoms with E-state index in [-0.39, 0.29) is 0 Å². The van der Waals surface area contributed by atoms with Crippen molar-refractivity contribution in [2.45, 2.75) is 102 Å². The molecule has 0 saturated heterocycles. The molecule has 5 nitrogen and oxygen atoms in total. The summed E-state index contributed by atoms with van der Waals surface area (Å²) in [6.07, 6.45) is 18.0. The van der Waals surface area contributed by atoms with Gasteiger partial charge in [0.15, 0.2) is 5.82 Å². The fourth-order valence-electron chi connectivity index (χ4n) is 5.04. The number of aromatic nitrogens is 3. The molecule has 1 aromatic heterocycles. The molecule has 2 aromatic rings. The molecule has 1 aromatic carbocycles. The van der Waals surface area contributed by atoms with Crippen LogP contribution in [0.2, 0.25) is 0 Å². The summed E-state index contributed by atoms with van der Waals surface area (Å²) in [5.41, 5.74) is 0.986. The zero-order valence-electron chi connectivity index (χ0n) is 20.6. The van der Waals surface area contributed by atoms with Gasteiger partial charge in [-0.05, 0) is 25.7 Å². The van der Waals surface area contributed by atoms with Gasteiger partial charge in [-0.25, -0.2) is 0 Å². The Morgan fingerprint density at radius 3 is 1.29 bits per heavy atom. The van der Waals surface area contributed by atoms with Crippen molar-refractivity contribution < 1.29 is 0 Å². The minimum atomic E-state index is 0.436. The highest BCUT2D eigenvalue weighted by molar-refractivity contribution is 5.57. The van der Waals surface area contributed by atoms with Gasteiger partial charge in [-0.3, -0.25) is 0 Å². The van der Waals surface area contributed by atoms with E-state index in [1.54, 1.807) is 0 Å². The third kappa shape index (κ3) is 8.27. The van der Waals surface area contributed by atoms with E-state index in [9.17, 15) is 0 Å². The van der Waals surface area contributed by atoms with Gasteiger partial charge < -0.3 is 10.6 Å². The van der Waals surface area contributed by atoms with E-state index in [4.69, 9.17) is 15.0 Å². The summed E-state index contributed by atoms with van der Waals surface area (Å²) < 4.78 is 0. The van der Waals surface area contributed by atoms with Crippen molar-refractivity contribution in [2.75, 3.05) is 10.6 Å². The van der Waals surface area contributed by atoms with Crippen molar-refractivity contribution >= 4 is 11.9 Å². The summed E-state index contributed by atoms with van der Waals surface area (Å²) in [5.74, 6) is 2.13. The number of rotatable bonds is 5. The second-order valence-electron chi connectivity index (χ2n) is 9.81. The van der Waals surface area contributed by atoms with Crippen molar-refractivity contribution in [3.8, 4) is 11.4 Å². The first-order valence-electron chi connectivity index (χ1n) is 13.5. The minimum absolute atomic E-state index is 0.436. The molecule has 0 spiro atoms. The first kappa shape index (κ1) is 24.4. The van der Waals surface area contributed by atoms with Gasteiger partial charge in [-0.1, -0.05) is 119 Å². The lowest BCUT2D eigenvalue weighted by Gasteiger charge is -2.23. The van der Waals surface area contributed by atoms with E-state index >= 15 is 0 Å². The molecule has 34 heavy (non-hydrogen) atoms. The monoisotopic (exact) mass is 459 g/mol. The Kier molecular flexibility index (Phi) is 9.98. The van der Waals surface area contributed by atoms with Gasteiger partial charge >= 0.3 is 0 Å². The molecular formula is C29H41N5. The van der Waals surface area contributed by atoms with Gasteiger partial charge in [0.1, 0.15) is 0 Å². The van der Waals surface area contributed by atoms with Crippen LogP contribution < -0.4 is 10.6 Å². The largest absolute Gasteiger partial charge is 0.351 e. The topological polar surface area (TPSA) is 62.7 Å². The van der Waals surface area contributed by atoms with Crippen LogP contribution in [-0.2, 0) is 0 Å². The van der Waals surface area contributed by atoms with Gasteiger partial charge in [0.2, 0.25) is 11.9 Å². The Hall–Kier alpha value is -2.69. The summed E-state index contributed by atoms with van der Waals surface area (Å²) in [4.78, 5) is 14.6. The number of anilines is 2. The van der Waals surface area contributed by atoms with E-state index in [0.717, 1.165) is 11.4 Å². The minimum Gasteiger partial charge on any atom is -0.351 e. The highest BCUT2D eigenvalue weighted by Gasteiger charge is 2.17. The predicted octanol–water partition coefficient (Wildman–Crippen LogP) is 7.71. The second kappa shape index (κ2) is 13.9. The van der Waals surface area contributed by atoms with Crippen molar-refractivity contribution in [2.24, 2.45) is 0 Å². The first-order valence-corrected chi connectivity index (χ1v) is 13.5. The van der Waals surface area contributed by atoms with Crippen LogP contribution in [0.25, 0.3) is 11.4 Å². The zero-order chi connectivity index (χ0) is 23.3. The number of hydrogen-bond donors (Lipinski definition) is 2. The lowest BCUT2D eigenvalue weighted by molar-refractivity contribution is 0.468. The number of nitrogens with zero attached hydrogens (tertiary/aromatic N) is 3. The average molecular weight is 460 g/mol. The molecule has 2 aliphatic rings. The number of nitrogens with one attached hydrogen (secondary N) is 2. The molecule has 0 amide bonds. The maximum absolute atomic E-state index is 4.89. The standard InChI is InChI=1S/C29H41N5/c1-2-6-12-18-24(19-13-7-3-1)27-32-28(30-25-20-14-8-4-9-15-21-25)34-29(33-27)31-26-22-16-10-5-11-17-23-26/h1-3,6-7,12-13,18-19,25-26H,4-5,8-11,14-17,20-23H2,(H2,30,31,32,33,34). The van der Waals surface area contributed by atoms with Crippen molar-refractivity contribution in [1.29, 1.82) is 0 Å². The van der Waals surface area contributed by atoms with Gasteiger partial charge in [0, 0.05) is 17.6 Å². The molecule has 0 aliphatic heterocycles. The smallest absolute Gasteiger partial charge is 0.228 e. The molecule has 182 valence electrons. The van der Waals surface area contributed by atoms with Gasteiger partial charge in [0.05, 0.1) is 0 Å². The first-order chi connectivity index (χ1) is 16.9. The summed E-state index contributed by atoms with van der Waals surface area (Å²) in [6.45, 7) is 0. The fraction of sp³-hybridized carbons (Fsp3) is 0.552. The normalized spacial score (nSPS) is 18.5. The third-order valence-electron chi connectivity index (χ3n) is 6.99. The van der Waals surface area contributed by atoms with E-state index in [1.807, 2.05) is 42.5 Å². The van der Waals surface area contributed by atoms with Crippen LogP contribution in [0.15, 0.2) is 54.6 Å². The molecule has 0 atom stereocenters. The van der Waals surface area contributed by atoms with Crippen molar-refractivity contribution in [1.82, 2.24) is 15.0 Å². The molecule has 2 aliphatic carbocycles. The maximum Gasteiger partial charge on any atom is 0.228 e. The van der Waals surface area contributed by atoms with Crippen LogP contribution in [-0.4, -0.2) is 27.0 Å². The quantitative estimate of drug-likeness (QED) is 0.479. The zero-order valence-corrected chi connectivity index (χ0v) is 20.6. The van der Waals surface area contributed by atoms with Crippen LogP contribution in [0, 0.1) is 0 Å². The molecule has 0 unspecified atom stereocenters. The maximum atomic E-state index is 4.89. The van der Waals surface area contributed by atoms with Crippen LogP contribution in [0.5, 0.6) is 0 Å². The SMILES string of the molecule is c1ccccc(-c2nc(NC3CCCCCCC3)nc(NC3CCCCCCC3)n2)cccc1. The van der Waals surface area contributed by atoms with E-state index in [0.29, 0.717) is 24.0 Å². The van der Waals surface area contributed by atoms with E-state index in [1.165, 1.54) is 89.9 Å². The highest BCUT2D eigenvalue weighted by atomic mass is 15.2. The Bertz CT molecular complexity index is 847. The molecule has 2 N–H and O–H groups in total. The van der Waals surface area contributed by atoms with E-state index in [2.05, 4.69) is 22.8 Å². The lowest BCUT2D eigenvalue weighted by atomic mass is 9.97. The van der Waals surface area contributed by atoms with Crippen LogP contribution in [0.1, 0.15) is 89.9 Å². The molecular weight excluding hydrogens is 418 g/mol. The highest BCUT2D eigenvalue weighted by Crippen LogP contribution is 2.24. The van der Waals surface area contributed by atoms with Gasteiger partial charge in [-0.2, -0.15) is 15.0 Å². The second-order valence-corrected chi connectivity index (χ2v) is 9.81. The average Bonchev–Trinajstić information content (AvgIpc) is 2.80. The Morgan fingerprint density at radius 1 is 0.471 bits per heavy atom. The molecule has 0 bridgehead atoms. The molecule has 2 fully saturated rings. The molecule has 2 saturated carbocycles. The van der Waals surface area contributed by atoms with Crippen LogP contribution >= 0.6 is 0 Å². The molecule has 5 heteroatoms. The Balaban J connectivity index is 1.62.